The highest BCUT2D eigenvalue weighted by Crippen LogP contribution is 2.36. The second kappa shape index (κ2) is 5.93. The van der Waals surface area contributed by atoms with E-state index in [9.17, 15) is 14.7 Å². The van der Waals surface area contributed by atoms with Crippen LogP contribution in [0.15, 0.2) is 0 Å². The Hall–Kier alpha value is -1.06. The van der Waals surface area contributed by atoms with Crippen LogP contribution in [0.2, 0.25) is 0 Å². The molecule has 0 radical (unpaired) electrons. The van der Waals surface area contributed by atoms with E-state index in [1.54, 1.807) is 0 Å². The maximum atomic E-state index is 12.2. The van der Waals surface area contributed by atoms with Crippen LogP contribution >= 0.6 is 0 Å². The lowest BCUT2D eigenvalue weighted by molar-refractivity contribution is -0.146. The lowest BCUT2D eigenvalue weighted by Crippen LogP contribution is -2.37. The molecule has 2 fully saturated rings. The molecule has 5 unspecified atom stereocenters. The van der Waals surface area contributed by atoms with Crippen molar-refractivity contribution in [1.29, 1.82) is 0 Å². The van der Waals surface area contributed by atoms with Crippen molar-refractivity contribution in [3.63, 3.8) is 0 Å². The number of carboxylic acids is 1. The molecule has 4 nitrogen and oxygen atoms in total. The van der Waals surface area contributed by atoms with E-state index in [4.69, 9.17) is 0 Å². The zero-order valence-corrected chi connectivity index (χ0v) is 11.9. The summed E-state index contributed by atoms with van der Waals surface area (Å²) in [5, 5.41) is 12.2. The molecular weight excluding hydrogens is 242 g/mol. The molecule has 0 aromatic heterocycles. The second-order valence-corrected chi connectivity index (χ2v) is 6.66. The topological polar surface area (TPSA) is 66.4 Å². The average molecular weight is 267 g/mol. The molecule has 0 saturated heterocycles. The molecule has 0 heterocycles. The highest BCUT2D eigenvalue weighted by Gasteiger charge is 2.41. The Morgan fingerprint density at radius 1 is 1.05 bits per heavy atom. The lowest BCUT2D eigenvalue weighted by Gasteiger charge is -2.17. The summed E-state index contributed by atoms with van der Waals surface area (Å²) in [5.41, 5.74) is 0. The maximum Gasteiger partial charge on any atom is 0.307 e. The van der Waals surface area contributed by atoms with Crippen molar-refractivity contribution in [3.05, 3.63) is 0 Å². The number of aliphatic carboxylic acids is 1. The van der Waals surface area contributed by atoms with E-state index >= 15 is 0 Å². The van der Waals surface area contributed by atoms with Gasteiger partial charge in [-0.3, -0.25) is 9.59 Å². The van der Waals surface area contributed by atoms with E-state index in [1.165, 1.54) is 19.3 Å². The minimum Gasteiger partial charge on any atom is -0.481 e. The van der Waals surface area contributed by atoms with Crippen LogP contribution in [-0.4, -0.2) is 23.5 Å². The number of carbonyl (C=O) groups excluding carboxylic acids is 1. The van der Waals surface area contributed by atoms with Gasteiger partial charge in [-0.05, 0) is 43.4 Å². The van der Waals surface area contributed by atoms with E-state index in [1.807, 2.05) is 6.92 Å². The van der Waals surface area contributed by atoms with Crippen molar-refractivity contribution >= 4 is 11.9 Å². The zero-order valence-electron chi connectivity index (χ0n) is 11.9. The van der Waals surface area contributed by atoms with Crippen LogP contribution in [0, 0.1) is 29.6 Å². The predicted octanol–water partition coefficient (Wildman–Crippen LogP) is 2.29. The highest BCUT2D eigenvalue weighted by atomic mass is 16.4. The van der Waals surface area contributed by atoms with Crippen molar-refractivity contribution < 1.29 is 14.7 Å². The number of hydrogen-bond acceptors (Lipinski definition) is 2. The maximum absolute atomic E-state index is 12.2. The molecule has 0 bridgehead atoms. The first kappa shape index (κ1) is 14.4. The number of nitrogens with one attached hydrogen (secondary N) is 1. The molecule has 2 saturated carbocycles. The van der Waals surface area contributed by atoms with Gasteiger partial charge in [-0.15, -0.1) is 0 Å². The molecule has 2 N–H and O–H groups in total. The quantitative estimate of drug-likeness (QED) is 0.821. The van der Waals surface area contributed by atoms with Crippen LogP contribution in [0.1, 0.15) is 46.0 Å². The van der Waals surface area contributed by atoms with Gasteiger partial charge in [-0.2, -0.15) is 0 Å². The first-order chi connectivity index (χ1) is 8.97. The number of carboxylic acid groups (broad SMARTS) is 1. The summed E-state index contributed by atoms with van der Waals surface area (Å²) in [5.74, 6) is 0.00343. The Balaban J connectivity index is 1.83. The summed E-state index contributed by atoms with van der Waals surface area (Å²) >= 11 is 0. The van der Waals surface area contributed by atoms with Crippen LogP contribution < -0.4 is 5.32 Å². The Morgan fingerprint density at radius 3 is 2.32 bits per heavy atom. The summed E-state index contributed by atoms with van der Waals surface area (Å²) in [6.07, 6.45) is 4.96. The summed E-state index contributed by atoms with van der Waals surface area (Å²) in [6, 6.07) is 0. The largest absolute Gasteiger partial charge is 0.481 e. The number of hydrogen-bond donors (Lipinski definition) is 2. The monoisotopic (exact) mass is 267 g/mol. The molecule has 2 rings (SSSR count). The summed E-state index contributed by atoms with van der Waals surface area (Å²) in [4.78, 5) is 23.4. The van der Waals surface area contributed by atoms with Crippen LogP contribution in [-0.2, 0) is 9.59 Å². The van der Waals surface area contributed by atoms with Crippen molar-refractivity contribution in [1.82, 2.24) is 5.32 Å². The van der Waals surface area contributed by atoms with E-state index < -0.39 is 11.9 Å². The molecular formula is C15H25NO3. The molecule has 2 aliphatic rings. The van der Waals surface area contributed by atoms with Gasteiger partial charge in [0.15, 0.2) is 0 Å². The van der Waals surface area contributed by atoms with E-state index in [-0.39, 0.29) is 11.8 Å². The fraction of sp³-hybridized carbons (Fsp3) is 0.867. The molecule has 108 valence electrons. The van der Waals surface area contributed by atoms with Crippen LogP contribution in [0.4, 0.5) is 0 Å². The minimum absolute atomic E-state index is 0.0451. The van der Waals surface area contributed by atoms with Crippen LogP contribution in [0.5, 0.6) is 0 Å². The lowest BCUT2D eigenvalue weighted by atomic mass is 9.95. The van der Waals surface area contributed by atoms with Crippen molar-refractivity contribution in [3.8, 4) is 0 Å². The van der Waals surface area contributed by atoms with Crippen molar-refractivity contribution in [2.24, 2.45) is 29.6 Å². The third-order valence-corrected chi connectivity index (χ3v) is 4.82. The third-order valence-electron chi connectivity index (χ3n) is 4.82. The van der Waals surface area contributed by atoms with Gasteiger partial charge >= 0.3 is 5.97 Å². The van der Waals surface area contributed by atoms with Gasteiger partial charge in [-0.1, -0.05) is 20.3 Å². The Kier molecular flexibility index (Phi) is 4.48. The normalized spacial score (nSPS) is 38.3. The highest BCUT2D eigenvalue weighted by molar-refractivity contribution is 5.85. The van der Waals surface area contributed by atoms with E-state index in [0.717, 1.165) is 12.5 Å². The predicted molar refractivity (Wildman–Crippen MR) is 72.5 cm³/mol. The molecule has 4 heteroatoms. The van der Waals surface area contributed by atoms with Gasteiger partial charge in [0.25, 0.3) is 0 Å². The van der Waals surface area contributed by atoms with E-state index in [2.05, 4.69) is 12.2 Å². The van der Waals surface area contributed by atoms with Gasteiger partial charge in [0.2, 0.25) is 5.91 Å². The average Bonchev–Trinajstić information content (AvgIpc) is 2.92. The zero-order chi connectivity index (χ0) is 14.0. The van der Waals surface area contributed by atoms with Crippen LogP contribution in [0.25, 0.3) is 0 Å². The first-order valence-corrected chi connectivity index (χ1v) is 7.48. The fourth-order valence-corrected chi connectivity index (χ4v) is 3.74. The summed E-state index contributed by atoms with van der Waals surface area (Å²) in [7, 11) is 0. The van der Waals surface area contributed by atoms with Gasteiger partial charge < -0.3 is 10.4 Å². The molecule has 0 aromatic carbocycles. The Bertz CT molecular complexity index is 355. The smallest absolute Gasteiger partial charge is 0.307 e. The Labute approximate surface area is 115 Å². The van der Waals surface area contributed by atoms with Crippen molar-refractivity contribution in [2.45, 2.75) is 46.0 Å². The molecule has 0 aliphatic heterocycles. The Morgan fingerprint density at radius 2 is 1.74 bits per heavy atom. The standard InChI is InChI=1S/C15H25NO3/c1-9-3-4-11(5-9)8-16-14(17)12-6-10(2)7-13(12)15(18)19/h9-13H,3-8H2,1-2H3,(H,16,17)(H,18,19). The SMILES string of the molecule is CC1CCC(CNC(=O)C2CC(C)CC2C(=O)O)C1. The molecule has 2 aliphatic carbocycles. The van der Waals surface area contributed by atoms with Gasteiger partial charge in [0.1, 0.15) is 0 Å². The molecule has 0 spiro atoms. The molecule has 5 atom stereocenters. The number of rotatable bonds is 4. The number of amides is 1. The third kappa shape index (κ3) is 3.48. The fourth-order valence-electron chi connectivity index (χ4n) is 3.74. The van der Waals surface area contributed by atoms with Crippen molar-refractivity contribution in [2.75, 3.05) is 6.54 Å². The molecule has 19 heavy (non-hydrogen) atoms. The van der Waals surface area contributed by atoms with Gasteiger partial charge in [-0.25, -0.2) is 0 Å². The summed E-state index contributed by atoms with van der Waals surface area (Å²) < 4.78 is 0. The minimum atomic E-state index is -0.820. The second-order valence-electron chi connectivity index (χ2n) is 6.66. The van der Waals surface area contributed by atoms with Gasteiger partial charge in [0.05, 0.1) is 11.8 Å². The number of carbonyl (C=O) groups is 2. The van der Waals surface area contributed by atoms with E-state index in [0.29, 0.717) is 24.7 Å². The molecule has 1 amide bonds. The first-order valence-electron chi connectivity index (χ1n) is 7.48. The van der Waals surface area contributed by atoms with Gasteiger partial charge in [0, 0.05) is 6.54 Å². The summed E-state index contributed by atoms with van der Waals surface area (Å²) in [6.45, 7) is 5.00. The molecule has 0 aromatic rings. The van der Waals surface area contributed by atoms with Crippen LogP contribution in [0.3, 0.4) is 0 Å².